The fraction of sp³-hybridized carbons (Fsp3) is 0.462. The van der Waals surface area contributed by atoms with E-state index in [9.17, 15) is 9.18 Å². The number of ketones is 1. The minimum atomic E-state index is -0.318. The van der Waals surface area contributed by atoms with Crippen molar-refractivity contribution in [3.05, 3.63) is 34.1 Å². The van der Waals surface area contributed by atoms with Gasteiger partial charge in [-0.3, -0.25) is 4.79 Å². The number of carbonyl (C=O) groups excluding carboxylic acids is 1. The zero-order chi connectivity index (χ0) is 12.8. The highest BCUT2D eigenvalue weighted by Gasteiger charge is 2.13. The predicted octanol–water partition coefficient (Wildman–Crippen LogP) is 3.07. The normalized spacial score (nSPS) is 12.5. The summed E-state index contributed by atoms with van der Waals surface area (Å²) in [5.41, 5.74) is 6.25. The first-order valence-corrected chi connectivity index (χ1v) is 6.51. The van der Waals surface area contributed by atoms with E-state index in [0.29, 0.717) is 18.5 Å². The van der Waals surface area contributed by atoms with E-state index in [0.717, 1.165) is 10.9 Å². The van der Waals surface area contributed by atoms with Crippen LogP contribution < -0.4 is 5.73 Å². The van der Waals surface area contributed by atoms with Crippen molar-refractivity contribution >= 4 is 21.7 Å². The number of Topliss-reactive ketones (excluding diaryl/α,β-unsaturated/α-hetero) is 1. The molecule has 0 aliphatic heterocycles. The lowest BCUT2D eigenvalue weighted by atomic mass is 9.96. The van der Waals surface area contributed by atoms with Gasteiger partial charge in [-0.25, -0.2) is 4.39 Å². The molecule has 0 amide bonds. The Hall–Kier alpha value is -0.740. The highest BCUT2D eigenvalue weighted by molar-refractivity contribution is 9.10. The van der Waals surface area contributed by atoms with E-state index in [4.69, 9.17) is 5.73 Å². The summed E-state index contributed by atoms with van der Waals surface area (Å²) in [5, 5.41) is 0. The third-order valence-corrected chi connectivity index (χ3v) is 3.60. The number of hydrogen-bond donors (Lipinski definition) is 1. The molecule has 1 unspecified atom stereocenters. The Bertz CT molecular complexity index is 391. The molecule has 0 spiro atoms. The highest BCUT2D eigenvalue weighted by Crippen LogP contribution is 2.20. The van der Waals surface area contributed by atoms with E-state index in [-0.39, 0.29) is 23.9 Å². The average molecular weight is 302 g/mol. The Balaban J connectivity index is 2.64. The highest BCUT2D eigenvalue weighted by atomic mass is 79.9. The molecule has 0 bridgehead atoms. The standard InChI is InChI=1S/C13H17BrFNO/c1-2-9(8-16)5-12(17)7-10-6-11(15)3-4-13(10)14/h3-4,6,9H,2,5,7-8,16H2,1H3. The number of hydrogen-bond acceptors (Lipinski definition) is 2. The van der Waals surface area contributed by atoms with Crippen molar-refractivity contribution in [2.75, 3.05) is 6.54 Å². The third kappa shape index (κ3) is 4.56. The van der Waals surface area contributed by atoms with Crippen molar-refractivity contribution in [2.24, 2.45) is 11.7 Å². The number of nitrogens with two attached hydrogens (primary N) is 1. The molecule has 1 aromatic carbocycles. The van der Waals surface area contributed by atoms with Crippen LogP contribution in [0.1, 0.15) is 25.3 Å². The quantitative estimate of drug-likeness (QED) is 0.877. The first-order chi connectivity index (χ1) is 8.06. The minimum Gasteiger partial charge on any atom is -0.330 e. The predicted molar refractivity (Wildman–Crippen MR) is 70.3 cm³/mol. The summed E-state index contributed by atoms with van der Waals surface area (Å²) in [6, 6.07) is 4.39. The summed E-state index contributed by atoms with van der Waals surface area (Å²) in [7, 11) is 0. The summed E-state index contributed by atoms with van der Waals surface area (Å²) in [5.74, 6) is 0.0188. The van der Waals surface area contributed by atoms with Crippen LogP contribution in [0.3, 0.4) is 0 Å². The van der Waals surface area contributed by atoms with Gasteiger partial charge in [-0.05, 0) is 36.2 Å². The molecule has 1 rings (SSSR count). The molecule has 4 heteroatoms. The monoisotopic (exact) mass is 301 g/mol. The average Bonchev–Trinajstić information content (AvgIpc) is 2.31. The van der Waals surface area contributed by atoms with Gasteiger partial charge in [0.05, 0.1) is 0 Å². The van der Waals surface area contributed by atoms with Gasteiger partial charge in [0.1, 0.15) is 11.6 Å². The van der Waals surface area contributed by atoms with Crippen molar-refractivity contribution in [2.45, 2.75) is 26.2 Å². The Kier molecular flexibility index (Phi) is 5.78. The molecule has 2 nitrogen and oxygen atoms in total. The summed E-state index contributed by atoms with van der Waals surface area (Å²) in [6.45, 7) is 2.54. The van der Waals surface area contributed by atoms with Gasteiger partial charge in [0, 0.05) is 17.3 Å². The molecule has 2 N–H and O–H groups in total. The molecule has 0 aromatic heterocycles. The first kappa shape index (κ1) is 14.3. The van der Waals surface area contributed by atoms with E-state index in [2.05, 4.69) is 15.9 Å². The Morgan fingerprint density at radius 1 is 1.53 bits per heavy atom. The second-order valence-electron chi connectivity index (χ2n) is 4.17. The van der Waals surface area contributed by atoms with Gasteiger partial charge in [-0.2, -0.15) is 0 Å². The minimum absolute atomic E-state index is 0.105. The van der Waals surface area contributed by atoms with Crippen molar-refractivity contribution in [1.29, 1.82) is 0 Å². The van der Waals surface area contributed by atoms with E-state index in [1.165, 1.54) is 12.1 Å². The zero-order valence-electron chi connectivity index (χ0n) is 9.88. The molecular weight excluding hydrogens is 285 g/mol. The van der Waals surface area contributed by atoms with Crippen LogP contribution in [0.15, 0.2) is 22.7 Å². The van der Waals surface area contributed by atoms with Gasteiger partial charge in [0.2, 0.25) is 0 Å². The zero-order valence-corrected chi connectivity index (χ0v) is 11.5. The van der Waals surface area contributed by atoms with Crippen molar-refractivity contribution in [3.8, 4) is 0 Å². The first-order valence-electron chi connectivity index (χ1n) is 5.72. The summed E-state index contributed by atoms with van der Waals surface area (Å²) in [6.07, 6.45) is 1.62. The molecule has 0 aliphatic carbocycles. The van der Waals surface area contributed by atoms with Crippen LogP contribution >= 0.6 is 15.9 Å². The van der Waals surface area contributed by atoms with Crippen LogP contribution in [0.25, 0.3) is 0 Å². The summed E-state index contributed by atoms with van der Waals surface area (Å²) >= 11 is 3.32. The molecule has 0 aliphatic rings. The topological polar surface area (TPSA) is 43.1 Å². The Morgan fingerprint density at radius 3 is 2.82 bits per heavy atom. The molecule has 1 atom stereocenters. The van der Waals surface area contributed by atoms with Crippen LogP contribution in [0.5, 0.6) is 0 Å². The second kappa shape index (κ2) is 6.87. The molecule has 0 radical (unpaired) electrons. The van der Waals surface area contributed by atoms with Crippen LogP contribution in [-0.2, 0) is 11.2 Å². The Labute approximate surface area is 110 Å². The maximum Gasteiger partial charge on any atom is 0.137 e. The lowest BCUT2D eigenvalue weighted by Gasteiger charge is -2.11. The molecule has 17 heavy (non-hydrogen) atoms. The molecule has 0 heterocycles. The summed E-state index contributed by atoms with van der Waals surface area (Å²) in [4.78, 5) is 11.8. The molecule has 94 valence electrons. The van der Waals surface area contributed by atoms with E-state index < -0.39 is 0 Å². The van der Waals surface area contributed by atoms with E-state index in [1.54, 1.807) is 6.07 Å². The molecular formula is C13H17BrFNO. The van der Waals surface area contributed by atoms with Crippen LogP contribution in [0.4, 0.5) is 4.39 Å². The largest absolute Gasteiger partial charge is 0.330 e. The molecule has 0 fully saturated rings. The maximum atomic E-state index is 13.0. The molecule has 0 saturated heterocycles. The van der Waals surface area contributed by atoms with Crippen molar-refractivity contribution in [1.82, 2.24) is 0 Å². The van der Waals surface area contributed by atoms with Gasteiger partial charge in [-0.15, -0.1) is 0 Å². The number of carbonyl (C=O) groups is 1. The van der Waals surface area contributed by atoms with Gasteiger partial charge < -0.3 is 5.73 Å². The van der Waals surface area contributed by atoms with Gasteiger partial charge >= 0.3 is 0 Å². The van der Waals surface area contributed by atoms with E-state index in [1.807, 2.05) is 6.92 Å². The van der Waals surface area contributed by atoms with Gasteiger partial charge in [-0.1, -0.05) is 29.3 Å². The van der Waals surface area contributed by atoms with E-state index >= 15 is 0 Å². The fourth-order valence-corrected chi connectivity index (χ4v) is 2.07. The second-order valence-corrected chi connectivity index (χ2v) is 5.02. The Morgan fingerprint density at radius 2 is 2.24 bits per heavy atom. The van der Waals surface area contributed by atoms with Crippen molar-refractivity contribution in [3.63, 3.8) is 0 Å². The van der Waals surface area contributed by atoms with Crippen molar-refractivity contribution < 1.29 is 9.18 Å². The fourth-order valence-electron chi connectivity index (χ4n) is 1.68. The number of halogens is 2. The SMILES string of the molecule is CCC(CN)CC(=O)Cc1cc(F)ccc1Br. The molecule has 1 aromatic rings. The van der Waals surface area contributed by atoms with Crippen LogP contribution in [0.2, 0.25) is 0 Å². The smallest absolute Gasteiger partial charge is 0.137 e. The number of benzene rings is 1. The van der Waals surface area contributed by atoms with Crippen LogP contribution in [0, 0.1) is 11.7 Å². The van der Waals surface area contributed by atoms with Gasteiger partial charge in [0.25, 0.3) is 0 Å². The lowest BCUT2D eigenvalue weighted by Crippen LogP contribution is -2.18. The maximum absolute atomic E-state index is 13.0. The number of rotatable bonds is 6. The van der Waals surface area contributed by atoms with Gasteiger partial charge in [0.15, 0.2) is 0 Å². The molecule has 0 saturated carbocycles. The third-order valence-electron chi connectivity index (χ3n) is 2.82. The van der Waals surface area contributed by atoms with Crippen LogP contribution in [-0.4, -0.2) is 12.3 Å². The summed E-state index contributed by atoms with van der Waals surface area (Å²) < 4.78 is 13.8. The lowest BCUT2D eigenvalue weighted by molar-refractivity contribution is -0.119.